The van der Waals surface area contributed by atoms with E-state index in [1.54, 1.807) is 0 Å². The van der Waals surface area contributed by atoms with Crippen LogP contribution < -0.4 is 0 Å². The molecule has 0 radical (unpaired) electrons. The predicted molar refractivity (Wildman–Crippen MR) is 35.9 cm³/mol. The maximum atomic E-state index is 8.79. The first-order valence-electron chi connectivity index (χ1n) is 3.40. The number of allylic oxidation sites excluding steroid dienone is 3. The lowest BCUT2D eigenvalue weighted by Gasteiger charge is -2.03. The Morgan fingerprint density at radius 1 is 1.56 bits per heavy atom. The monoisotopic (exact) mass is 122 g/mol. The standard InChI is InChI=1S/C8H10O/c9-5-8-4-6-1-2-7(8)3-6/h1-2,4,6-7,9H,3,5H2/t6?,7-/m1/s1. The van der Waals surface area contributed by atoms with E-state index in [2.05, 4.69) is 18.2 Å². The van der Waals surface area contributed by atoms with Crippen LogP contribution in [0.5, 0.6) is 0 Å². The van der Waals surface area contributed by atoms with Crippen molar-refractivity contribution in [2.75, 3.05) is 6.61 Å². The summed E-state index contributed by atoms with van der Waals surface area (Å²) in [4.78, 5) is 0. The highest BCUT2D eigenvalue weighted by molar-refractivity contribution is 5.30. The highest BCUT2D eigenvalue weighted by Gasteiger charge is 2.26. The molecule has 0 saturated heterocycles. The van der Waals surface area contributed by atoms with Crippen molar-refractivity contribution in [2.24, 2.45) is 11.8 Å². The number of aliphatic hydroxyl groups excluding tert-OH is 1. The zero-order chi connectivity index (χ0) is 6.27. The maximum absolute atomic E-state index is 8.79. The fourth-order valence-electron chi connectivity index (χ4n) is 1.69. The molecule has 1 nitrogen and oxygen atoms in total. The summed E-state index contributed by atoms with van der Waals surface area (Å²) in [6.45, 7) is 0.255. The molecule has 2 aliphatic carbocycles. The Morgan fingerprint density at radius 3 is 2.78 bits per heavy atom. The molecule has 0 aromatic rings. The van der Waals surface area contributed by atoms with Gasteiger partial charge in [0.25, 0.3) is 0 Å². The third kappa shape index (κ3) is 0.648. The van der Waals surface area contributed by atoms with Gasteiger partial charge >= 0.3 is 0 Å². The summed E-state index contributed by atoms with van der Waals surface area (Å²) < 4.78 is 0. The van der Waals surface area contributed by atoms with Gasteiger partial charge in [0.1, 0.15) is 0 Å². The third-order valence-electron chi connectivity index (χ3n) is 2.20. The van der Waals surface area contributed by atoms with Gasteiger partial charge in [-0.1, -0.05) is 18.2 Å². The van der Waals surface area contributed by atoms with E-state index in [0.717, 1.165) is 0 Å². The zero-order valence-corrected chi connectivity index (χ0v) is 5.25. The van der Waals surface area contributed by atoms with Crippen LogP contribution in [0.15, 0.2) is 23.8 Å². The second-order valence-corrected chi connectivity index (χ2v) is 2.79. The Labute approximate surface area is 54.7 Å². The number of aliphatic hydroxyl groups is 1. The van der Waals surface area contributed by atoms with Gasteiger partial charge < -0.3 is 5.11 Å². The van der Waals surface area contributed by atoms with Crippen LogP contribution in [0, 0.1) is 11.8 Å². The van der Waals surface area contributed by atoms with E-state index < -0.39 is 0 Å². The molecule has 0 aromatic heterocycles. The van der Waals surface area contributed by atoms with E-state index in [0.29, 0.717) is 11.8 Å². The highest BCUT2D eigenvalue weighted by Crippen LogP contribution is 2.37. The smallest absolute Gasteiger partial charge is 0.0647 e. The Hall–Kier alpha value is -0.560. The summed E-state index contributed by atoms with van der Waals surface area (Å²) >= 11 is 0. The van der Waals surface area contributed by atoms with Crippen LogP contribution in [-0.2, 0) is 0 Å². The molecular formula is C8H10O. The van der Waals surface area contributed by atoms with Gasteiger partial charge in [-0.3, -0.25) is 0 Å². The molecule has 2 aliphatic rings. The van der Waals surface area contributed by atoms with Gasteiger partial charge in [-0.05, 0) is 17.9 Å². The maximum Gasteiger partial charge on any atom is 0.0647 e. The Bertz CT molecular complexity index is 179. The van der Waals surface area contributed by atoms with Crippen molar-refractivity contribution in [3.8, 4) is 0 Å². The van der Waals surface area contributed by atoms with E-state index in [1.165, 1.54) is 12.0 Å². The number of fused-ring (bicyclic) bond motifs is 2. The van der Waals surface area contributed by atoms with E-state index in [1.807, 2.05) is 0 Å². The zero-order valence-electron chi connectivity index (χ0n) is 5.25. The molecule has 0 saturated carbocycles. The molecule has 9 heavy (non-hydrogen) atoms. The average molecular weight is 122 g/mol. The first kappa shape index (κ1) is 5.24. The van der Waals surface area contributed by atoms with Crippen LogP contribution in [0.2, 0.25) is 0 Å². The lowest BCUT2D eigenvalue weighted by atomic mass is 10.0. The van der Waals surface area contributed by atoms with Gasteiger partial charge in [0.2, 0.25) is 0 Å². The lowest BCUT2D eigenvalue weighted by Crippen LogP contribution is -1.97. The van der Waals surface area contributed by atoms with Gasteiger partial charge in [-0.2, -0.15) is 0 Å². The first-order chi connectivity index (χ1) is 4.40. The summed E-state index contributed by atoms with van der Waals surface area (Å²) in [5.74, 6) is 1.23. The molecule has 0 amide bonds. The minimum absolute atomic E-state index is 0.255. The fourth-order valence-corrected chi connectivity index (χ4v) is 1.69. The van der Waals surface area contributed by atoms with Crippen molar-refractivity contribution >= 4 is 0 Å². The molecule has 0 aliphatic heterocycles. The largest absolute Gasteiger partial charge is 0.392 e. The number of rotatable bonds is 1. The van der Waals surface area contributed by atoms with Crippen molar-refractivity contribution in [1.82, 2.24) is 0 Å². The van der Waals surface area contributed by atoms with Crippen molar-refractivity contribution in [3.05, 3.63) is 23.8 Å². The van der Waals surface area contributed by atoms with Gasteiger partial charge in [-0.15, -0.1) is 0 Å². The molecule has 0 fully saturated rings. The van der Waals surface area contributed by atoms with Crippen LogP contribution in [-0.4, -0.2) is 11.7 Å². The minimum Gasteiger partial charge on any atom is -0.392 e. The molecule has 1 N–H and O–H groups in total. The Kier molecular flexibility index (Phi) is 0.995. The van der Waals surface area contributed by atoms with Crippen molar-refractivity contribution in [2.45, 2.75) is 6.42 Å². The van der Waals surface area contributed by atoms with Crippen LogP contribution in [0.25, 0.3) is 0 Å². The summed E-state index contributed by atoms with van der Waals surface area (Å²) in [6.07, 6.45) is 7.83. The van der Waals surface area contributed by atoms with Crippen molar-refractivity contribution in [1.29, 1.82) is 0 Å². The van der Waals surface area contributed by atoms with E-state index in [-0.39, 0.29) is 6.61 Å². The molecule has 0 heterocycles. The summed E-state index contributed by atoms with van der Waals surface area (Å²) in [7, 11) is 0. The summed E-state index contributed by atoms with van der Waals surface area (Å²) in [6, 6.07) is 0. The predicted octanol–water partition coefficient (Wildman–Crippen LogP) is 1.11. The molecule has 0 aromatic carbocycles. The van der Waals surface area contributed by atoms with Crippen LogP contribution >= 0.6 is 0 Å². The topological polar surface area (TPSA) is 20.2 Å². The molecule has 2 rings (SSSR count). The molecule has 1 heteroatoms. The first-order valence-corrected chi connectivity index (χ1v) is 3.40. The van der Waals surface area contributed by atoms with Crippen LogP contribution in [0.3, 0.4) is 0 Å². The molecule has 0 spiro atoms. The quantitative estimate of drug-likeness (QED) is 0.516. The molecule has 2 bridgehead atoms. The Morgan fingerprint density at radius 2 is 2.44 bits per heavy atom. The SMILES string of the molecule is OCC1=CC2C=C[C@@H]1C2. The van der Waals surface area contributed by atoms with Crippen LogP contribution in [0.4, 0.5) is 0 Å². The highest BCUT2D eigenvalue weighted by atomic mass is 16.3. The summed E-state index contributed by atoms with van der Waals surface area (Å²) in [5.41, 5.74) is 1.22. The van der Waals surface area contributed by atoms with Gasteiger partial charge in [0.15, 0.2) is 0 Å². The summed E-state index contributed by atoms with van der Waals surface area (Å²) in [5, 5.41) is 8.79. The third-order valence-corrected chi connectivity index (χ3v) is 2.20. The number of hydrogen-bond acceptors (Lipinski definition) is 1. The molecular weight excluding hydrogens is 112 g/mol. The van der Waals surface area contributed by atoms with Gasteiger partial charge in [0, 0.05) is 5.92 Å². The van der Waals surface area contributed by atoms with Gasteiger partial charge in [-0.25, -0.2) is 0 Å². The number of hydrogen-bond donors (Lipinski definition) is 1. The minimum atomic E-state index is 0.255. The Balaban J connectivity index is 2.22. The van der Waals surface area contributed by atoms with Gasteiger partial charge in [0.05, 0.1) is 6.61 Å². The van der Waals surface area contributed by atoms with E-state index in [9.17, 15) is 0 Å². The van der Waals surface area contributed by atoms with E-state index >= 15 is 0 Å². The van der Waals surface area contributed by atoms with Crippen molar-refractivity contribution in [3.63, 3.8) is 0 Å². The normalized spacial score (nSPS) is 37.7. The molecule has 2 atom stereocenters. The average Bonchev–Trinajstić information content (AvgIpc) is 2.45. The molecule has 48 valence electrons. The second kappa shape index (κ2) is 1.71. The molecule has 1 unspecified atom stereocenters. The second-order valence-electron chi connectivity index (χ2n) is 2.79. The fraction of sp³-hybridized carbons (Fsp3) is 0.500. The van der Waals surface area contributed by atoms with E-state index in [4.69, 9.17) is 5.11 Å². The van der Waals surface area contributed by atoms with Crippen LogP contribution in [0.1, 0.15) is 6.42 Å². The van der Waals surface area contributed by atoms with Crippen molar-refractivity contribution < 1.29 is 5.11 Å². The lowest BCUT2D eigenvalue weighted by molar-refractivity contribution is 0.322.